The van der Waals surface area contributed by atoms with Crippen molar-refractivity contribution in [1.29, 1.82) is 0 Å². The minimum absolute atomic E-state index is 0.746. The van der Waals surface area contributed by atoms with Crippen LogP contribution in [0.1, 0.15) is 0 Å². The second kappa shape index (κ2) is 6.77. The summed E-state index contributed by atoms with van der Waals surface area (Å²) in [5.41, 5.74) is 20.5. The zero-order valence-corrected chi connectivity index (χ0v) is 14.4. The summed E-state index contributed by atoms with van der Waals surface area (Å²) in [5.74, 6) is 0. The van der Waals surface area contributed by atoms with Crippen molar-refractivity contribution < 1.29 is 0 Å². The maximum Gasteiger partial charge on any atom is 0.0400 e. The van der Waals surface area contributed by atoms with Crippen molar-refractivity contribution in [2.75, 3.05) is 11.5 Å². The van der Waals surface area contributed by atoms with Gasteiger partial charge in [-0.1, -0.05) is 78.9 Å². The van der Waals surface area contributed by atoms with Gasteiger partial charge in [0.2, 0.25) is 0 Å². The second-order valence-electron chi connectivity index (χ2n) is 6.34. The van der Waals surface area contributed by atoms with Gasteiger partial charge in [-0.05, 0) is 46.0 Å². The first-order valence-electron chi connectivity index (χ1n) is 8.62. The van der Waals surface area contributed by atoms with E-state index >= 15 is 0 Å². The normalized spacial score (nSPS) is 10.6. The summed E-state index contributed by atoms with van der Waals surface area (Å²) in [6.07, 6.45) is 0. The van der Waals surface area contributed by atoms with Gasteiger partial charge in [-0.3, -0.25) is 0 Å². The average Bonchev–Trinajstić information content (AvgIpc) is 2.69. The van der Waals surface area contributed by atoms with Crippen LogP contribution in [-0.4, -0.2) is 0 Å². The fraction of sp³-hybridized carbons (Fsp3) is 0. The molecule has 2 heteroatoms. The SMILES string of the molecule is Nc1cccc(-c2cccc(N)c2-c2ccc(-c3ccccc3)cc2)c1. The molecule has 2 nitrogen and oxygen atoms in total. The number of anilines is 2. The van der Waals surface area contributed by atoms with Gasteiger partial charge in [-0.25, -0.2) is 0 Å². The van der Waals surface area contributed by atoms with Crippen molar-refractivity contribution in [3.63, 3.8) is 0 Å². The van der Waals surface area contributed by atoms with Crippen molar-refractivity contribution >= 4 is 11.4 Å². The molecular weight excluding hydrogens is 316 g/mol. The zero-order valence-electron chi connectivity index (χ0n) is 14.4. The Hall–Kier alpha value is -3.52. The third-order valence-corrected chi connectivity index (χ3v) is 4.58. The molecule has 4 N–H and O–H groups in total. The van der Waals surface area contributed by atoms with Crippen molar-refractivity contribution in [3.8, 4) is 33.4 Å². The third-order valence-electron chi connectivity index (χ3n) is 4.58. The van der Waals surface area contributed by atoms with Crippen LogP contribution in [0.4, 0.5) is 11.4 Å². The van der Waals surface area contributed by atoms with Crippen LogP contribution in [0.25, 0.3) is 33.4 Å². The van der Waals surface area contributed by atoms with E-state index in [0.29, 0.717) is 0 Å². The van der Waals surface area contributed by atoms with E-state index in [2.05, 4.69) is 60.7 Å². The molecule has 26 heavy (non-hydrogen) atoms. The fourth-order valence-electron chi connectivity index (χ4n) is 3.30. The minimum Gasteiger partial charge on any atom is -0.399 e. The van der Waals surface area contributed by atoms with Crippen LogP contribution >= 0.6 is 0 Å². The Morgan fingerprint density at radius 1 is 0.462 bits per heavy atom. The molecule has 0 amide bonds. The van der Waals surface area contributed by atoms with Crippen molar-refractivity contribution in [3.05, 3.63) is 97.1 Å². The van der Waals surface area contributed by atoms with Gasteiger partial charge in [0.25, 0.3) is 0 Å². The lowest BCUT2D eigenvalue weighted by Gasteiger charge is -2.14. The molecule has 4 aromatic carbocycles. The number of hydrogen-bond acceptors (Lipinski definition) is 2. The van der Waals surface area contributed by atoms with Crippen LogP contribution < -0.4 is 11.5 Å². The monoisotopic (exact) mass is 336 g/mol. The summed E-state index contributed by atoms with van der Waals surface area (Å²) in [6, 6.07) is 32.8. The minimum atomic E-state index is 0.746. The van der Waals surface area contributed by atoms with E-state index in [1.54, 1.807) is 0 Å². The summed E-state index contributed by atoms with van der Waals surface area (Å²) < 4.78 is 0. The van der Waals surface area contributed by atoms with Crippen LogP contribution in [0, 0.1) is 0 Å². The molecule has 4 aromatic rings. The molecule has 0 unspecified atom stereocenters. The molecular formula is C24H20N2. The van der Waals surface area contributed by atoms with E-state index in [9.17, 15) is 0 Å². The first-order valence-corrected chi connectivity index (χ1v) is 8.62. The molecule has 0 saturated carbocycles. The predicted molar refractivity (Wildman–Crippen MR) is 112 cm³/mol. The Morgan fingerprint density at radius 2 is 1.08 bits per heavy atom. The smallest absolute Gasteiger partial charge is 0.0400 e. The lowest BCUT2D eigenvalue weighted by molar-refractivity contribution is 1.56. The van der Waals surface area contributed by atoms with Crippen molar-refractivity contribution in [2.45, 2.75) is 0 Å². The molecule has 0 heterocycles. The molecule has 4 rings (SSSR count). The number of nitrogens with two attached hydrogens (primary N) is 2. The van der Waals surface area contributed by atoms with Gasteiger partial charge >= 0.3 is 0 Å². The Bertz CT molecular complexity index is 1040. The Balaban J connectivity index is 1.81. The summed E-state index contributed by atoms with van der Waals surface area (Å²) in [7, 11) is 0. The Labute approximate surface area is 153 Å². The maximum atomic E-state index is 6.35. The van der Waals surface area contributed by atoms with Gasteiger partial charge in [0, 0.05) is 16.9 Å². The number of benzene rings is 4. The fourth-order valence-corrected chi connectivity index (χ4v) is 3.30. The number of hydrogen-bond donors (Lipinski definition) is 2. The standard InChI is InChI=1S/C24H20N2/c25-21-9-4-8-20(16-21)22-10-5-11-23(26)24(22)19-14-12-18(13-15-19)17-6-2-1-3-7-17/h1-16H,25-26H2. The van der Waals surface area contributed by atoms with E-state index in [1.165, 1.54) is 11.1 Å². The molecule has 0 aliphatic rings. The summed E-state index contributed by atoms with van der Waals surface area (Å²) in [4.78, 5) is 0. The van der Waals surface area contributed by atoms with Gasteiger partial charge in [-0.15, -0.1) is 0 Å². The van der Waals surface area contributed by atoms with Crippen molar-refractivity contribution in [1.82, 2.24) is 0 Å². The molecule has 0 bridgehead atoms. The molecule has 0 atom stereocenters. The summed E-state index contributed by atoms with van der Waals surface area (Å²) in [6.45, 7) is 0. The van der Waals surface area contributed by atoms with Crippen LogP contribution in [-0.2, 0) is 0 Å². The van der Waals surface area contributed by atoms with E-state index in [1.807, 2.05) is 36.4 Å². The van der Waals surface area contributed by atoms with Crippen LogP contribution in [0.3, 0.4) is 0 Å². The third kappa shape index (κ3) is 3.05. The van der Waals surface area contributed by atoms with E-state index < -0.39 is 0 Å². The first kappa shape index (κ1) is 16.0. The largest absolute Gasteiger partial charge is 0.399 e. The molecule has 0 saturated heterocycles. The quantitative estimate of drug-likeness (QED) is 0.461. The van der Waals surface area contributed by atoms with E-state index in [-0.39, 0.29) is 0 Å². The molecule has 126 valence electrons. The average molecular weight is 336 g/mol. The van der Waals surface area contributed by atoms with Gasteiger partial charge in [0.05, 0.1) is 0 Å². The highest BCUT2D eigenvalue weighted by Gasteiger charge is 2.11. The van der Waals surface area contributed by atoms with Gasteiger partial charge < -0.3 is 11.5 Å². The number of nitrogen functional groups attached to an aromatic ring is 2. The lowest BCUT2D eigenvalue weighted by Crippen LogP contribution is -1.94. The van der Waals surface area contributed by atoms with E-state index in [4.69, 9.17) is 11.5 Å². The highest BCUT2D eigenvalue weighted by atomic mass is 14.6. The Kier molecular flexibility index (Phi) is 4.16. The molecule has 0 radical (unpaired) electrons. The van der Waals surface area contributed by atoms with E-state index in [0.717, 1.165) is 33.6 Å². The highest BCUT2D eigenvalue weighted by Crippen LogP contribution is 2.37. The van der Waals surface area contributed by atoms with Crippen LogP contribution in [0.5, 0.6) is 0 Å². The molecule has 0 aromatic heterocycles. The van der Waals surface area contributed by atoms with Gasteiger partial charge in [-0.2, -0.15) is 0 Å². The number of rotatable bonds is 3. The summed E-state index contributed by atoms with van der Waals surface area (Å²) in [5, 5.41) is 0. The molecule has 0 aliphatic carbocycles. The summed E-state index contributed by atoms with van der Waals surface area (Å²) >= 11 is 0. The highest BCUT2D eigenvalue weighted by molar-refractivity contribution is 5.92. The van der Waals surface area contributed by atoms with Gasteiger partial charge in [0.15, 0.2) is 0 Å². The van der Waals surface area contributed by atoms with Crippen molar-refractivity contribution in [2.24, 2.45) is 0 Å². The van der Waals surface area contributed by atoms with Crippen LogP contribution in [0.15, 0.2) is 97.1 Å². The lowest BCUT2D eigenvalue weighted by atomic mass is 9.92. The van der Waals surface area contributed by atoms with Gasteiger partial charge in [0.1, 0.15) is 0 Å². The Morgan fingerprint density at radius 3 is 1.81 bits per heavy atom. The molecule has 0 aliphatic heterocycles. The predicted octanol–water partition coefficient (Wildman–Crippen LogP) is 5.85. The van der Waals surface area contributed by atoms with Crippen LogP contribution in [0.2, 0.25) is 0 Å². The maximum absolute atomic E-state index is 6.35. The second-order valence-corrected chi connectivity index (χ2v) is 6.34. The molecule has 0 spiro atoms. The molecule has 0 fully saturated rings. The topological polar surface area (TPSA) is 52.0 Å². The first-order chi connectivity index (χ1) is 12.7. The zero-order chi connectivity index (χ0) is 17.9.